The average Bonchev–Trinajstić information content (AvgIpc) is 2.85. The highest BCUT2D eigenvalue weighted by Gasteiger charge is 2.23. The molecule has 0 saturated carbocycles. The third-order valence-electron chi connectivity index (χ3n) is 3.61. The number of amides is 1. The summed E-state index contributed by atoms with van der Waals surface area (Å²) in [5.41, 5.74) is 3.45. The molecule has 2 aliphatic heterocycles. The predicted octanol–water partition coefficient (Wildman–Crippen LogP) is 1.87. The average molecular weight is 262 g/mol. The first-order valence-corrected chi connectivity index (χ1v) is 7.52. The Morgan fingerprint density at radius 2 is 2.22 bits per heavy atom. The number of hydrogen-bond acceptors (Lipinski definition) is 3. The molecular formula is C14H18N2OS. The quantitative estimate of drug-likeness (QED) is 0.838. The summed E-state index contributed by atoms with van der Waals surface area (Å²) in [6, 6.07) is 6.12. The Hall–Kier alpha value is -1.00. The van der Waals surface area contributed by atoms with Crippen molar-refractivity contribution in [3.63, 3.8) is 0 Å². The van der Waals surface area contributed by atoms with Crippen LogP contribution in [0.2, 0.25) is 0 Å². The fraction of sp³-hybridized carbons (Fsp3) is 0.500. The van der Waals surface area contributed by atoms with Crippen molar-refractivity contribution in [3.05, 3.63) is 34.9 Å². The minimum atomic E-state index is 0.192. The lowest BCUT2D eigenvalue weighted by Crippen LogP contribution is -2.41. The monoisotopic (exact) mass is 262 g/mol. The van der Waals surface area contributed by atoms with E-state index in [4.69, 9.17) is 0 Å². The number of fused-ring (bicyclic) bond motifs is 1. The molecule has 3 rings (SSSR count). The van der Waals surface area contributed by atoms with E-state index in [1.54, 1.807) is 0 Å². The van der Waals surface area contributed by atoms with Gasteiger partial charge < -0.3 is 10.2 Å². The summed E-state index contributed by atoms with van der Waals surface area (Å²) in [6.45, 7) is 5.77. The topological polar surface area (TPSA) is 32.3 Å². The third-order valence-corrected chi connectivity index (χ3v) is 4.75. The maximum Gasteiger partial charge on any atom is 0.253 e. The van der Waals surface area contributed by atoms with Crippen LogP contribution < -0.4 is 5.32 Å². The van der Waals surface area contributed by atoms with Crippen molar-refractivity contribution >= 4 is 17.7 Å². The number of hydrogen-bond donors (Lipinski definition) is 1. The Morgan fingerprint density at radius 1 is 1.39 bits per heavy atom. The first-order valence-electron chi connectivity index (χ1n) is 6.47. The van der Waals surface area contributed by atoms with E-state index in [0.717, 1.165) is 37.5 Å². The van der Waals surface area contributed by atoms with Crippen molar-refractivity contribution in [1.82, 2.24) is 10.2 Å². The molecule has 1 N–H and O–H groups in total. The third kappa shape index (κ3) is 2.27. The van der Waals surface area contributed by atoms with E-state index in [-0.39, 0.29) is 5.91 Å². The van der Waals surface area contributed by atoms with Gasteiger partial charge in [0.1, 0.15) is 0 Å². The molecule has 96 valence electrons. The fourth-order valence-electron chi connectivity index (χ4n) is 2.61. The van der Waals surface area contributed by atoms with Gasteiger partial charge in [-0.2, -0.15) is 11.8 Å². The second-order valence-electron chi connectivity index (χ2n) is 5.02. The summed E-state index contributed by atoms with van der Waals surface area (Å²) >= 11 is 1.95. The fourth-order valence-corrected chi connectivity index (χ4v) is 3.63. The van der Waals surface area contributed by atoms with E-state index in [1.165, 1.54) is 11.1 Å². The van der Waals surface area contributed by atoms with Crippen LogP contribution in [0.25, 0.3) is 0 Å². The molecule has 0 aliphatic carbocycles. The molecule has 0 radical (unpaired) electrons. The van der Waals surface area contributed by atoms with Crippen LogP contribution in [0.1, 0.15) is 28.4 Å². The SMILES string of the molecule is CC1CN(C(=O)c2ccc3c(c2)CNC3)CCS1. The van der Waals surface area contributed by atoms with Crippen LogP contribution in [-0.4, -0.2) is 34.9 Å². The first kappa shape index (κ1) is 12.1. The Labute approximate surface area is 112 Å². The standard InChI is InChI=1S/C14H18N2OS/c1-10-9-16(4-5-18-10)14(17)11-2-3-12-7-15-8-13(12)6-11/h2-3,6,10,15H,4-5,7-9H2,1H3. The molecule has 0 aromatic heterocycles. The Balaban J connectivity index is 1.79. The number of rotatable bonds is 1. The summed E-state index contributed by atoms with van der Waals surface area (Å²) in [7, 11) is 0. The molecule has 1 aromatic carbocycles. The zero-order valence-corrected chi connectivity index (χ0v) is 11.4. The van der Waals surface area contributed by atoms with Gasteiger partial charge in [-0.1, -0.05) is 13.0 Å². The van der Waals surface area contributed by atoms with Crippen molar-refractivity contribution in [3.8, 4) is 0 Å². The molecule has 1 unspecified atom stereocenters. The van der Waals surface area contributed by atoms with Gasteiger partial charge in [-0.25, -0.2) is 0 Å². The molecule has 2 heterocycles. The lowest BCUT2D eigenvalue weighted by molar-refractivity contribution is 0.0763. The number of benzene rings is 1. The normalized spacial score (nSPS) is 22.9. The minimum Gasteiger partial charge on any atom is -0.337 e. The van der Waals surface area contributed by atoms with Gasteiger partial charge in [0, 0.05) is 42.7 Å². The van der Waals surface area contributed by atoms with Crippen LogP contribution in [0.5, 0.6) is 0 Å². The van der Waals surface area contributed by atoms with Gasteiger partial charge in [0.15, 0.2) is 0 Å². The van der Waals surface area contributed by atoms with Crippen LogP contribution in [0.4, 0.5) is 0 Å². The summed E-state index contributed by atoms with van der Waals surface area (Å²) in [6.07, 6.45) is 0. The smallest absolute Gasteiger partial charge is 0.253 e. The molecule has 3 nitrogen and oxygen atoms in total. The van der Waals surface area contributed by atoms with E-state index in [0.29, 0.717) is 5.25 Å². The zero-order valence-electron chi connectivity index (χ0n) is 10.6. The number of nitrogens with one attached hydrogen (secondary N) is 1. The molecule has 1 atom stereocenters. The minimum absolute atomic E-state index is 0.192. The van der Waals surface area contributed by atoms with E-state index in [2.05, 4.69) is 24.4 Å². The van der Waals surface area contributed by atoms with Crippen molar-refractivity contribution in [2.24, 2.45) is 0 Å². The van der Waals surface area contributed by atoms with E-state index in [9.17, 15) is 4.79 Å². The molecule has 1 amide bonds. The molecular weight excluding hydrogens is 244 g/mol. The van der Waals surface area contributed by atoms with Crippen molar-refractivity contribution in [2.45, 2.75) is 25.3 Å². The highest BCUT2D eigenvalue weighted by atomic mass is 32.2. The van der Waals surface area contributed by atoms with Gasteiger partial charge >= 0.3 is 0 Å². The van der Waals surface area contributed by atoms with Crippen LogP contribution >= 0.6 is 11.8 Å². The first-order chi connectivity index (χ1) is 8.74. The van der Waals surface area contributed by atoms with Crippen LogP contribution in [-0.2, 0) is 13.1 Å². The Kier molecular flexibility index (Phi) is 3.31. The van der Waals surface area contributed by atoms with Gasteiger partial charge in [0.25, 0.3) is 5.91 Å². The number of carbonyl (C=O) groups excluding carboxylic acids is 1. The van der Waals surface area contributed by atoms with Crippen LogP contribution in [0, 0.1) is 0 Å². The number of thioether (sulfide) groups is 1. The Morgan fingerprint density at radius 3 is 3.06 bits per heavy atom. The molecule has 18 heavy (non-hydrogen) atoms. The summed E-state index contributed by atoms with van der Waals surface area (Å²) in [5, 5.41) is 3.87. The lowest BCUT2D eigenvalue weighted by Gasteiger charge is -2.30. The number of nitrogens with zero attached hydrogens (tertiary/aromatic N) is 1. The van der Waals surface area contributed by atoms with E-state index < -0.39 is 0 Å². The highest BCUT2D eigenvalue weighted by molar-refractivity contribution is 7.99. The highest BCUT2D eigenvalue weighted by Crippen LogP contribution is 2.22. The lowest BCUT2D eigenvalue weighted by atomic mass is 10.1. The maximum atomic E-state index is 12.4. The van der Waals surface area contributed by atoms with Gasteiger partial charge in [-0.15, -0.1) is 0 Å². The largest absolute Gasteiger partial charge is 0.337 e. The number of carbonyl (C=O) groups is 1. The molecule has 4 heteroatoms. The van der Waals surface area contributed by atoms with Crippen molar-refractivity contribution in [1.29, 1.82) is 0 Å². The van der Waals surface area contributed by atoms with Crippen molar-refractivity contribution < 1.29 is 4.79 Å². The van der Waals surface area contributed by atoms with E-state index in [1.807, 2.05) is 22.7 Å². The Bertz CT molecular complexity index is 475. The van der Waals surface area contributed by atoms with E-state index >= 15 is 0 Å². The van der Waals surface area contributed by atoms with Crippen LogP contribution in [0.3, 0.4) is 0 Å². The van der Waals surface area contributed by atoms with Crippen LogP contribution in [0.15, 0.2) is 18.2 Å². The molecule has 1 fully saturated rings. The van der Waals surface area contributed by atoms with Gasteiger partial charge in [-0.3, -0.25) is 4.79 Å². The predicted molar refractivity (Wildman–Crippen MR) is 74.8 cm³/mol. The summed E-state index contributed by atoms with van der Waals surface area (Å²) < 4.78 is 0. The molecule has 1 aromatic rings. The van der Waals surface area contributed by atoms with Gasteiger partial charge in [0.2, 0.25) is 0 Å². The maximum absolute atomic E-state index is 12.4. The molecule has 1 saturated heterocycles. The summed E-state index contributed by atoms with van der Waals surface area (Å²) in [4.78, 5) is 14.4. The summed E-state index contributed by atoms with van der Waals surface area (Å²) in [5.74, 6) is 1.25. The zero-order chi connectivity index (χ0) is 12.5. The second kappa shape index (κ2) is 4.94. The van der Waals surface area contributed by atoms with Gasteiger partial charge in [0.05, 0.1) is 0 Å². The molecule has 2 aliphatic rings. The molecule has 0 spiro atoms. The second-order valence-corrected chi connectivity index (χ2v) is 6.57. The van der Waals surface area contributed by atoms with Gasteiger partial charge in [-0.05, 0) is 23.3 Å². The molecule has 0 bridgehead atoms. The van der Waals surface area contributed by atoms with Crippen molar-refractivity contribution in [2.75, 3.05) is 18.8 Å².